The highest BCUT2D eigenvalue weighted by atomic mass is 32.2. The SMILES string of the molecule is Cc1ccc(-c2c(C)c(C3=CCCCCC3)c(C(OC(C)(C)C)C(=O)N=O)c(C)c2N[S+](C)[O-])cc1C. The van der Waals surface area contributed by atoms with E-state index in [0.717, 1.165) is 71.1 Å². The van der Waals surface area contributed by atoms with Crippen molar-refractivity contribution in [1.29, 1.82) is 0 Å². The Morgan fingerprint density at radius 2 is 1.76 bits per heavy atom. The zero-order chi connectivity index (χ0) is 27.5. The van der Waals surface area contributed by atoms with Crippen molar-refractivity contribution in [3.63, 3.8) is 0 Å². The van der Waals surface area contributed by atoms with Crippen LogP contribution >= 0.6 is 0 Å². The van der Waals surface area contributed by atoms with Gasteiger partial charge in [-0.3, -0.25) is 4.79 Å². The van der Waals surface area contributed by atoms with Crippen molar-refractivity contribution in [2.24, 2.45) is 5.18 Å². The Morgan fingerprint density at radius 3 is 2.35 bits per heavy atom. The maximum absolute atomic E-state index is 13.0. The predicted octanol–water partition coefficient (Wildman–Crippen LogP) is 7.79. The first-order chi connectivity index (χ1) is 17.4. The summed E-state index contributed by atoms with van der Waals surface area (Å²) < 4.78 is 21.9. The Balaban J connectivity index is 2.49. The van der Waals surface area contributed by atoms with Crippen LogP contribution in [0, 0.1) is 32.6 Å². The lowest BCUT2D eigenvalue weighted by molar-refractivity contribution is -0.139. The van der Waals surface area contributed by atoms with Crippen LogP contribution < -0.4 is 4.72 Å². The van der Waals surface area contributed by atoms with Crippen LogP contribution in [-0.4, -0.2) is 22.3 Å². The smallest absolute Gasteiger partial charge is 0.319 e. The minimum Gasteiger partial charge on any atom is -0.593 e. The first kappa shape index (κ1) is 29.1. The van der Waals surface area contributed by atoms with E-state index in [2.05, 4.69) is 48.0 Å². The van der Waals surface area contributed by atoms with Crippen molar-refractivity contribution in [2.75, 3.05) is 11.0 Å². The summed E-state index contributed by atoms with van der Waals surface area (Å²) in [6.45, 7) is 13.7. The Bertz CT molecular complexity index is 1210. The predicted molar refractivity (Wildman–Crippen MR) is 154 cm³/mol. The molecule has 1 aliphatic carbocycles. The van der Waals surface area contributed by atoms with Crippen LogP contribution in [0.25, 0.3) is 16.7 Å². The van der Waals surface area contributed by atoms with Crippen LogP contribution in [-0.2, 0) is 20.9 Å². The fourth-order valence-corrected chi connectivity index (χ4v) is 5.71. The lowest BCUT2D eigenvalue weighted by Crippen LogP contribution is -2.28. The lowest BCUT2D eigenvalue weighted by Gasteiger charge is -2.31. The summed E-state index contributed by atoms with van der Waals surface area (Å²) in [5.41, 5.74) is 8.70. The molecule has 0 saturated heterocycles. The molecule has 0 aromatic heterocycles. The van der Waals surface area contributed by atoms with E-state index < -0.39 is 29.0 Å². The standard InChI is InChI=1S/C30H40N2O4S/c1-18-15-16-23(17-19(18)2)25-20(3)24(22-13-11-9-10-12-14-22)26(21(4)27(25)32-37(8)35)28(29(33)31-34)36-30(5,6)7/h13,15-17,28,32H,9-12,14H2,1-8H3. The molecule has 0 aliphatic heterocycles. The van der Waals surface area contributed by atoms with Crippen LogP contribution in [0.3, 0.4) is 0 Å². The molecular formula is C30H40N2O4S. The molecule has 3 rings (SSSR count). The van der Waals surface area contributed by atoms with Crippen molar-refractivity contribution in [2.45, 2.75) is 92.3 Å². The van der Waals surface area contributed by atoms with E-state index in [1.54, 1.807) is 6.26 Å². The van der Waals surface area contributed by atoms with Gasteiger partial charge in [0.05, 0.1) is 22.7 Å². The van der Waals surface area contributed by atoms with Gasteiger partial charge in [-0.25, -0.2) is 4.72 Å². The molecule has 0 heterocycles. The highest BCUT2D eigenvalue weighted by molar-refractivity contribution is 7.92. The number of nitrogens with one attached hydrogen (secondary N) is 1. The zero-order valence-corrected chi connectivity index (χ0v) is 24.2. The zero-order valence-electron chi connectivity index (χ0n) is 23.4. The molecule has 2 aromatic rings. The quantitative estimate of drug-likeness (QED) is 0.295. The largest absolute Gasteiger partial charge is 0.593 e. The maximum atomic E-state index is 13.0. The lowest BCUT2D eigenvalue weighted by atomic mass is 9.81. The van der Waals surface area contributed by atoms with Crippen LogP contribution in [0.5, 0.6) is 0 Å². The third-order valence-electron chi connectivity index (χ3n) is 7.00. The molecule has 2 unspecified atom stereocenters. The Hall–Kier alpha value is -2.48. The number of aryl methyl sites for hydroxylation is 2. The van der Waals surface area contributed by atoms with E-state index in [9.17, 15) is 14.3 Å². The third kappa shape index (κ3) is 6.70. The highest BCUT2D eigenvalue weighted by Gasteiger charge is 2.35. The highest BCUT2D eigenvalue weighted by Crippen LogP contribution is 2.47. The van der Waals surface area contributed by atoms with Crippen molar-refractivity contribution in [1.82, 2.24) is 0 Å². The van der Waals surface area contributed by atoms with E-state index >= 15 is 0 Å². The number of hydrogen-bond acceptors (Lipinski definition) is 5. The van der Waals surface area contributed by atoms with Crippen molar-refractivity contribution in [3.8, 4) is 11.1 Å². The third-order valence-corrected chi connectivity index (χ3v) is 7.49. The number of hydrogen-bond donors (Lipinski definition) is 1. The number of nitroso groups, excluding NO2 is 1. The van der Waals surface area contributed by atoms with Crippen molar-refractivity contribution < 1.29 is 14.1 Å². The molecule has 0 fully saturated rings. The average molecular weight is 525 g/mol. The number of ether oxygens (including phenoxy) is 1. The number of anilines is 1. The van der Waals surface area contributed by atoms with Crippen molar-refractivity contribution >= 4 is 28.5 Å². The molecule has 0 radical (unpaired) electrons. The van der Waals surface area contributed by atoms with Gasteiger partial charge in [-0.05, 0) is 113 Å². The number of amides is 1. The fraction of sp³-hybridized carbons (Fsp3) is 0.500. The first-order valence-electron chi connectivity index (χ1n) is 12.9. The first-order valence-corrected chi connectivity index (χ1v) is 14.5. The Labute approximate surface area is 224 Å². The van der Waals surface area contributed by atoms with E-state index in [-0.39, 0.29) is 0 Å². The van der Waals surface area contributed by atoms with Gasteiger partial charge >= 0.3 is 5.91 Å². The topological polar surface area (TPSA) is 90.8 Å². The monoisotopic (exact) mass is 524 g/mol. The molecule has 0 saturated carbocycles. The number of benzene rings is 2. The minimum absolute atomic E-state index is 0.630. The van der Waals surface area contributed by atoms with E-state index in [4.69, 9.17) is 4.74 Å². The van der Waals surface area contributed by atoms with Crippen LogP contribution in [0.1, 0.15) is 92.4 Å². The van der Waals surface area contributed by atoms with Gasteiger partial charge in [-0.15, -0.1) is 4.91 Å². The summed E-state index contributed by atoms with van der Waals surface area (Å²) in [6.07, 6.45) is 7.81. The molecule has 2 aromatic carbocycles. The molecular weight excluding hydrogens is 484 g/mol. The van der Waals surface area contributed by atoms with Gasteiger partial charge in [0, 0.05) is 16.3 Å². The second kappa shape index (κ2) is 11.9. The Morgan fingerprint density at radius 1 is 1.05 bits per heavy atom. The summed E-state index contributed by atoms with van der Waals surface area (Å²) >= 11 is -1.37. The molecule has 1 aliphatic rings. The van der Waals surface area contributed by atoms with Gasteiger partial charge in [0.15, 0.2) is 6.10 Å². The number of rotatable bonds is 7. The van der Waals surface area contributed by atoms with Gasteiger partial charge < -0.3 is 9.29 Å². The van der Waals surface area contributed by atoms with Gasteiger partial charge in [0.1, 0.15) is 6.26 Å². The van der Waals surface area contributed by atoms with E-state index in [0.29, 0.717) is 11.3 Å². The van der Waals surface area contributed by atoms with Gasteiger partial charge in [-0.1, -0.05) is 30.7 Å². The summed E-state index contributed by atoms with van der Waals surface area (Å²) in [5, 5.41) is 2.80. The number of carbonyl (C=O) groups excluding carboxylic acids is 1. The second-order valence-corrected chi connectivity index (χ2v) is 12.1. The molecule has 0 bridgehead atoms. The molecule has 6 nitrogen and oxygen atoms in total. The molecule has 200 valence electrons. The van der Waals surface area contributed by atoms with Crippen LogP contribution in [0.2, 0.25) is 0 Å². The summed E-state index contributed by atoms with van der Waals surface area (Å²) in [6, 6.07) is 6.32. The molecule has 7 heteroatoms. The molecule has 37 heavy (non-hydrogen) atoms. The minimum atomic E-state index is -1.37. The van der Waals surface area contributed by atoms with Crippen LogP contribution in [0.15, 0.2) is 29.5 Å². The second-order valence-electron chi connectivity index (χ2n) is 11.0. The van der Waals surface area contributed by atoms with Crippen molar-refractivity contribution in [3.05, 3.63) is 62.6 Å². The van der Waals surface area contributed by atoms with Crippen LogP contribution in [0.4, 0.5) is 5.69 Å². The van der Waals surface area contributed by atoms with Gasteiger partial charge in [0.25, 0.3) is 0 Å². The molecule has 2 atom stereocenters. The summed E-state index contributed by atoms with van der Waals surface area (Å²) in [5.74, 6) is -0.865. The normalized spacial score (nSPS) is 16.0. The molecule has 1 amide bonds. The summed E-state index contributed by atoms with van der Waals surface area (Å²) in [4.78, 5) is 24.6. The Kier molecular flexibility index (Phi) is 9.37. The average Bonchev–Trinajstić information content (AvgIpc) is 3.10. The number of nitrogens with zero attached hydrogens (tertiary/aromatic N) is 1. The van der Waals surface area contributed by atoms with Gasteiger partial charge in [0.2, 0.25) is 0 Å². The van der Waals surface area contributed by atoms with E-state index in [1.807, 2.05) is 34.6 Å². The van der Waals surface area contributed by atoms with E-state index in [1.165, 1.54) is 5.56 Å². The fourth-order valence-electron chi connectivity index (χ4n) is 5.17. The number of carbonyl (C=O) groups is 1. The maximum Gasteiger partial charge on any atom is 0.319 e. The summed E-state index contributed by atoms with van der Waals surface area (Å²) in [7, 11) is 0. The molecule has 0 spiro atoms. The molecule has 1 N–H and O–H groups in total. The number of allylic oxidation sites excluding steroid dienone is 2. The van der Waals surface area contributed by atoms with Gasteiger partial charge in [-0.2, -0.15) is 0 Å².